The lowest BCUT2D eigenvalue weighted by Gasteiger charge is -2.37. The average Bonchev–Trinajstić information content (AvgIpc) is 3.64. The smallest absolute Gasteiger partial charge is 0.259 e. The van der Waals surface area contributed by atoms with Crippen molar-refractivity contribution in [2.45, 2.75) is 19.8 Å². The van der Waals surface area contributed by atoms with Gasteiger partial charge in [-0.3, -0.25) is 24.2 Å². The standard InChI is InChI=1S/C27H24Cl2N2O3/c1-2-14-3-6-16(7-4-14)30(25(32)15-5-10-21(28)22(29)11-15)13-31-26(33)23-17-8-9-18(20-12-19(17)20)24(23)27(31)34/h3-11,17-20,23-24H,2,12-13H2,1H3/t17-,18-,19-,20+,23-,24+/m1/s1. The molecule has 2 aromatic carbocycles. The monoisotopic (exact) mass is 494 g/mol. The normalized spacial score (nSPS) is 30.4. The summed E-state index contributed by atoms with van der Waals surface area (Å²) in [5.41, 5.74) is 2.09. The van der Waals surface area contributed by atoms with Gasteiger partial charge in [0.1, 0.15) is 6.67 Å². The van der Waals surface area contributed by atoms with Crippen LogP contribution in [0, 0.1) is 35.5 Å². The number of likely N-dealkylation sites (tertiary alicyclic amines) is 1. The molecule has 7 rings (SSSR count). The van der Waals surface area contributed by atoms with E-state index in [-0.39, 0.29) is 53.1 Å². The van der Waals surface area contributed by atoms with Crippen LogP contribution < -0.4 is 4.90 Å². The second-order valence-electron chi connectivity index (χ2n) is 9.78. The highest BCUT2D eigenvalue weighted by molar-refractivity contribution is 6.42. The van der Waals surface area contributed by atoms with Crippen LogP contribution >= 0.6 is 23.2 Å². The van der Waals surface area contributed by atoms with E-state index >= 15 is 0 Å². The van der Waals surface area contributed by atoms with Gasteiger partial charge in [0.15, 0.2) is 0 Å². The molecular formula is C27H24Cl2N2O3. The topological polar surface area (TPSA) is 57.7 Å². The summed E-state index contributed by atoms with van der Waals surface area (Å²) in [5, 5.41) is 0.627. The highest BCUT2D eigenvalue weighted by Crippen LogP contribution is 2.65. The summed E-state index contributed by atoms with van der Waals surface area (Å²) < 4.78 is 0. The van der Waals surface area contributed by atoms with E-state index in [0.717, 1.165) is 18.4 Å². The molecule has 5 nitrogen and oxygen atoms in total. The Balaban J connectivity index is 1.34. The Morgan fingerprint density at radius 3 is 2.12 bits per heavy atom. The fourth-order valence-corrected chi connectivity index (χ4v) is 6.56. The van der Waals surface area contributed by atoms with Crippen molar-refractivity contribution in [1.29, 1.82) is 0 Å². The Morgan fingerprint density at radius 2 is 1.56 bits per heavy atom. The van der Waals surface area contributed by atoms with E-state index < -0.39 is 0 Å². The van der Waals surface area contributed by atoms with E-state index in [1.54, 1.807) is 12.1 Å². The summed E-state index contributed by atoms with van der Waals surface area (Å²) in [6.07, 6.45) is 6.28. The van der Waals surface area contributed by atoms with Crippen molar-refractivity contribution in [3.63, 3.8) is 0 Å². The summed E-state index contributed by atoms with van der Waals surface area (Å²) in [6.45, 7) is 1.94. The van der Waals surface area contributed by atoms with Crippen molar-refractivity contribution >= 4 is 46.6 Å². The summed E-state index contributed by atoms with van der Waals surface area (Å²) in [6, 6.07) is 12.3. The Bertz CT molecular complexity index is 1200. The lowest BCUT2D eigenvalue weighted by atomic mass is 9.63. The van der Waals surface area contributed by atoms with Gasteiger partial charge in [0, 0.05) is 11.3 Å². The molecule has 34 heavy (non-hydrogen) atoms. The second-order valence-corrected chi connectivity index (χ2v) is 10.6. The minimum atomic E-state index is -0.345. The summed E-state index contributed by atoms with van der Waals surface area (Å²) >= 11 is 12.2. The van der Waals surface area contributed by atoms with Crippen LogP contribution in [0.5, 0.6) is 0 Å². The third kappa shape index (κ3) is 3.24. The minimum absolute atomic E-state index is 0.121. The number of hydrogen-bond acceptors (Lipinski definition) is 3. The van der Waals surface area contributed by atoms with E-state index in [9.17, 15) is 14.4 Å². The summed E-state index contributed by atoms with van der Waals surface area (Å²) in [7, 11) is 0. The molecule has 174 valence electrons. The largest absolute Gasteiger partial charge is 0.290 e. The zero-order chi connectivity index (χ0) is 23.7. The number of allylic oxidation sites excluding steroid dienone is 2. The maximum atomic E-state index is 13.6. The number of benzene rings is 2. The number of hydrogen-bond donors (Lipinski definition) is 0. The molecule has 7 heteroatoms. The van der Waals surface area contributed by atoms with Crippen LogP contribution in [-0.2, 0) is 16.0 Å². The minimum Gasteiger partial charge on any atom is -0.290 e. The van der Waals surface area contributed by atoms with E-state index in [4.69, 9.17) is 23.2 Å². The van der Waals surface area contributed by atoms with Crippen molar-refractivity contribution in [2.24, 2.45) is 35.5 Å². The number of carbonyl (C=O) groups is 3. The molecule has 3 amide bonds. The molecule has 1 heterocycles. The molecule has 3 fully saturated rings. The van der Waals surface area contributed by atoms with E-state index in [0.29, 0.717) is 28.1 Å². The van der Waals surface area contributed by atoms with Crippen LogP contribution in [0.15, 0.2) is 54.6 Å². The molecule has 0 radical (unpaired) electrons. The number of amides is 3. The van der Waals surface area contributed by atoms with Crippen LogP contribution in [-0.4, -0.2) is 29.3 Å². The van der Waals surface area contributed by atoms with Gasteiger partial charge in [-0.05, 0) is 72.4 Å². The highest BCUT2D eigenvalue weighted by atomic mass is 35.5. The van der Waals surface area contributed by atoms with Crippen molar-refractivity contribution in [2.75, 3.05) is 11.6 Å². The Hall–Kier alpha value is -2.63. The quantitative estimate of drug-likeness (QED) is 0.423. The first-order valence-electron chi connectivity index (χ1n) is 11.8. The molecule has 6 atom stereocenters. The molecule has 2 bridgehead atoms. The van der Waals surface area contributed by atoms with Gasteiger partial charge in [0.05, 0.1) is 21.9 Å². The summed E-state index contributed by atoms with van der Waals surface area (Å²) in [4.78, 5) is 43.5. The lowest BCUT2D eigenvalue weighted by molar-refractivity contribution is -0.140. The molecule has 0 unspecified atom stereocenters. The van der Waals surface area contributed by atoms with E-state index in [1.165, 1.54) is 15.9 Å². The van der Waals surface area contributed by atoms with Crippen LogP contribution in [0.2, 0.25) is 10.0 Å². The van der Waals surface area contributed by atoms with Crippen molar-refractivity contribution in [1.82, 2.24) is 4.90 Å². The number of anilines is 1. The van der Waals surface area contributed by atoms with Crippen LogP contribution in [0.25, 0.3) is 0 Å². The Kier molecular flexibility index (Phi) is 5.12. The van der Waals surface area contributed by atoms with Crippen LogP contribution in [0.4, 0.5) is 5.69 Å². The number of nitrogens with zero attached hydrogens (tertiary/aromatic N) is 2. The molecule has 5 aliphatic rings. The number of rotatable bonds is 5. The molecule has 2 saturated carbocycles. The third-order valence-electron chi connectivity index (χ3n) is 8.10. The highest BCUT2D eigenvalue weighted by Gasteiger charge is 2.67. The number of imide groups is 1. The van der Waals surface area contributed by atoms with E-state index in [2.05, 4.69) is 19.1 Å². The SMILES string of the molecule is CCc1ccc(N(CN2C(=O)[C@@H]3[C@@H]4C=C[C@H]([C@@H]5C[C@H]45)[C@@H]3C2=O)C(=O)c2ccc(Cl)c(Cl)c2)cc1. The molecule has 0 N–H and O–H groups in total. The van der Waals surface area contributed by atoms with Gasteiger partial charge in [0.25, 0.3) is 5.91 Å². The van der Waals surface area contributed by atoms with Crippen molar-refractivity contribution in [3.8, 4) is 0 Å². The second kappa shape index (κ2) is 7.96. The molecule has 0 aromatic heterocycles. The number of halogens is 2. The van der Waals surface area contributed by atoms with Gasteiger partial charge >= 0.3 is 0 Å². The maximum Gasteiger partial charge on any atom is 0.259 e. The van der Waals surface area contributed by atoms with Gasteiger partial charge in [-0.15, -0.1) is 0 Å². The first-order chi connectivity index (χ1) is 16.4. The maximum absolute atomic E-state index is 13.6. The fraction of sp³-hybridized carbons (Fsp3) is 0.370. The average molecular weight is 495 g/mol. The third-order valence-corrected chi connectivity index (χ3v) is 8.84. The van der Waals surface area contributed by atoms with Crippen molar-refractivity contribution in [3.05, 3.63) is 75.8 Å². The molecule has 2 aromatic rings. The Morgan fingerprint density at radius 1 is 0.941 bits per heavy atom. The molecule has 4 aliphatic carbocycles. The molecule has 1 saturated heterocycles. The predicted octanol–water partition coefficient (Wildman–Crippen LogP) is 5.21. The fourth-order valence-electron chi connectivity index (χ4n) is 6.26. The molecular weight excluding hydrogens is 471 g/mol. The Labute approximate surface area is 208 Å². The van der Waals surface area contributed by atoms with Gasteiger partial charge in [-0.25, -0.2) is 0 Å². The molecule has 1 aliphatic heterocycles. The first-order valence-corrected chi connectivity index (χ1v) is 12.5. The van der Waals surface area contributed by atoms with Gasteiger partial charge < -0.3 is 0 Å². The zero-order valence-corrected chi connectivity index (χ0v) is 20.2. The predicted molar refractivity (Wildman–Crippen MR) is 131 cm³/mol. The first kappa shape index (κ1) is 21.9. The number of aryl methyl sites for hydroxylation is 1. The molecule has 0 spiro atoms. The van der Waals surface area contributed by atoms with E-state index in [1.807, 2.05) is 24.3 Å². The van der Waals surface area contributed by atoms with Crippen LogP contribution in [0.1, 0.15) is 29.3 Å². The van der Waals surface area contributed by atoms with Gasteiger partial charge in [0.2, 0.25) is 11.8 Å². The summed E-state index contributed by atoms with van der Waals surface area (Å²) in [5.74, 6) is 0.100. The van der Waals surface area contributed by atoms with Gasteiger partial charge in [-0.1, -0.05) is 54.4 Å². The van der Waals surface area contributed by atoms with Crippen molar-refractivity contribution < 1.29 is 14.4 Å². The zero-order valence-electron chi connectivity index (χ0n) is 18.7. The van der Waals surface area contributed by atoms with Gasteiger partial charge in [-0.2, -0.15) is 0 Å². The lowest BCUT2D eigenvalue weighted by Crippen LogP contribution is -2.45. The number of carbonyl (C=O) groups excluding carboxylic acids is 3. The van der Waals surface area contributed by atoms with Crippen LogP contribution in [0.3, 0.4) is 0 Å².